The number of carbonyl (C=O) groups excluding carboxylic acids is 1. The topological polar surface area (TPSA) is 97.6 Å². The zero-order valence-corrected chi connectivity index (χ0v) is 19.7. The third-order valence-electron chi connectivity index (χ3n) is 6.55. The average molecular weight is 461 g/mol. The minimum Gasteiger partial charge on any atom is -0.399 e. The fourth-order valence-corrected chi connectivity index (χ4v) is 4.29. The number of halogens is 1. The van der Waals surface area contributed by atoms with E-state index in [4.69, 9.17) is 26.0 Å². The number of nitrogens with one attached hydrogen (secondary N) is 2. The second-order valence-electron chi connectivity index (χ2n) is 9.30. The summed E-state index contributed by atoms with van der Waals surface area (Å²) in [5, 5.41) is 20.1. The number of aliphatic hydroxyl groups excluding tert-OH is 1. The molecule has 32 heavy (non-hydrogen) atoms. The summed E-state index contributed by atoms with van der Waals surface area (Å²) < 4.78 is 14.1. The van der Waals surface area contributed by atoms with Crippen molar-refractivity contribution in [1.29, 1.82) is 0 Å². The molecule has 0 bridgehead atoms. The summed E-state index contributed by atoms with van der Waals surface area (Å²) in [5.41, 5.74) is 1.44. The van der Waals surface area contributed by atoms with Gasteiger partial charge in [-0.1, -0.05) is 23.7 Å². The molecule has 1 amide bonds. The van der Waals surface area contributed by atoms with Crippen LogP contribution in [0.15, 0.2) is 24.3 Å². The summed E-state index contributed by atoms with van der Waals surface area (Å²) in [6, 6.07) is 7.27. The van der Waals surface area contributed by atoms with Crippen LogP contribution in [0.25, 0.3) is 0 Å². The van der Waals surface area contributed by atoms with Gasteiger partial charge >= 0.3 is 7.12 Å². The van der Waals surface area contributed by atoms with Crippen molar-refractivity contribution in [3.63, 3.8) is 0 Å². The van der Waals surface area contributed by atoms with Crippen LogP contribution in [0.1, 0.15) is 62.8 Å². The Balaban J connectivity index is 1.53. The van der Waals surface area contributed by atoms with E-state index in [1.54, 1.807) is 12.1 Å². The summed E-state index contributed by atoms with van der Waals surface area (Å²) >= 11 is 6.65. The Morgan fingerprint density at radius 2 is 2.03 bits per heavy atom. The third-order valence-corrected chi connectivity index (χ3v) is 6.97. The van der Waals surface area contributed by atoms with Crippen LogP contribution in [-0.2, 0) is 15.9 Å². The number of aryl methyl sites for hydroxylation is 1. The fraction of sp³-hybridized carbons (Fsp3) is 0.545. The molecule has 2 aliphatic rings. The molecule has 1 fully saturated rings. The Hall–Kier alpha value is -1.91. The van der Waals surface area contributed by atoms with Gasteiger partial charge in [0.05, 0.1) is 34.2 Å². The van der Waals surface area contributed by atoms with Gasteiger partial charge in [-0.3, -0.25) is 9.48 Å². The van der Waals surface area contributed by atoms with E-state index in [-0.39, 0.29) is 18.6 Å². The molecule has 2 aromatic rings. The van der Waals surface area contributed by atoms with Crippen LogP contribution in [0.2, 0.25) is 5.02 Å². The quantitative estimate of drug-likeness (QED) is 0.573. The third kappa shape index (κ3) is 4.32. The van der Waals surface area contributed by atoms with Crippen LogP contribution >= 0.6 is 11.6 Å². The molecule has 2 aliphatic heterocycles. The van der Waals surface area contributed by atoms with E-state index in [0.717, 1.165) is 25.1 Å². The lowest BCUT2D eigenvalue weighted by atomic mass is 9.79. The molecular weight excluding hydrogens is 431 g/mol. The Morgan fingerprint density at radius 1 is 1.31 bits per heavy atom. The molecule has 0 unspecified atom stereocenters. The van der Waals surface area contributed by atoms with Crippen molar-refractivity contribution in [3.8, 4) is 0 Å². The Labute approximate surface area is 193 Å². The monoisotopic (exact) mass is 460 g/mol. The molecule has 0 aliphatic carbocycles. The molecule has 10 heteroatoms. The van der Waals surface area contributed by atoms with Gasteiger partial charge in [-0.2, -0.15) is 5.10 Å². The maximum atomic E-state index is 13.0. The summed E-state index contributed by atoms with van der Waals surface area (Å²) in [7, 11) is -0.623. The molecule has 1 aromatic heterocycles. The summed E-state index contributed by atoms with van der Waals surface area (Å²) in [6.07, 6.45) is 1.90. The normalized spacial score (nSPS) is 21.4. The average Bonchev–Trinajstić information content (AvgIpc) is 3.26. The number of fused-ring (bicyclic) bond motifs is 1. The highest BCUT2D eigenvalue weighted by atomic mass is 35.5. The molecule has 8 nitrogen and oxygen atoms in total. The number of amides is 1. The molecule has 1 aromatic carbocycles. The molecular formula is C22H30BClN4O4. The van der Waals surface area contributed by atoms with Crippen molar-refractivity contribution in [3.05, 3.63) is 40.7 Å². The van der Waals surface area contributed by atoms with E-state index in [1.165, 1.54) is 0 Å². The fourth-order valence-electron chi connectivity index (χ4n) is 4.03. The van der Waals surface area contributed by atoms with Gasteiger partial charge in [0.15, 0.2) is 5.69 Å². The SMILES string of the molecule is CC1(C)OB(c2cccc(NC(=O)c3cc4n(n3)CCC[C@@H]4NCCO)c2Cl)OC1(C)C. The number of rotatable bonds is 6. The number of anilines is 1. The summed E-state index contributed by atoms with van der Waals surface area (Å²) in [6.45, 7) is 9.25. The maximum absolute atomic E-state index is 13.0. The van der Waals surface area contributed by atoms with Crippen LogP contribution in [0, 0.1) is 0 Å². The van der Waals surface area contributed by atoms with Crippen LogP contribution in [0.4, 0.5) is 5.69 Å². The Morgan fingerprint density at radius 3 is 2.72 bits per heavy atom. The van der Waals surface area contributed by atoms with E-state index < -0.39 is 18.3 Å². The van der Waals surface area contributed by atoms with E-state index >= 15 is 0 Å². The first-order valence-electron chi connectivity index (χ1n) is 11.0. The number of aromatic nitrogens is 2. The largest absolute Gasteiger partial charge is 0.496 e. The number of nitrogens with zero attached hydrogens (tertiary/aromatic N) is 2. The molecule has 1 saturated heterocycles. The van der Waals surface area contributed by atoms with Crippen molar-refractivity contribution >= 4 is 35.8 Å². The highest BCUT2D eigenvalue weighted by Crippen LogP contribution is 2.37. The number of benzene rings is 1. The molecule has 4 rings (SSSR count). The van der Waals surface area contributed by atoms with Crippen molar-refractivity contribution in [1.82, 2.24) is 15.1 Å². The van der Waals surface area contributed by atoms with Crippen LogP contribution in [0.5, 0.6) is 0 Å². The van der Waals surface area contributed by atoms with Gasteiger partial charge in [0, 0.05) is 24.6 Å². The molecule has 172 valence electrons. The Bertz CT molecular complexity index is 994. The van der Waals surface area contributed by atoms with Crippen molar-refractivity contribution in [2.75, 3.05) is 18.5 Å². The van der Waals surface area contributed by atoms with Crippen LogP contribution < -0.4 is 16.1 Å². The second kappa shape index (κ2) is 8.80. The second-order valence-corrected chi connectivity index (χ2v) is 9.68. The van der Waals surface area contributed by atoms with Crippen molar-refractivity contribution < 1.29 is 19.2 Å². The zero-order valence-electron chi connectivity index (χ0n) is 18.9. The van der Waals surface area contributed by atoms with Gasteiger partial charge in [0.2, 0.25) is 0 Å². The standard InChI is InChI=1S/C22H30BClN4O4/c1-21(2)22(3,4)32-23(31-21)14-7-5-8-16(19(14)24)26-20(30)17-13-18-15(25-10-12-29)9-6-11-28(18)27-17/h5,7-8,13,15,25,29H,6,9-12H2,1-4H3,(H,26,30)/t15-/m0/s1. The van der Waals surface area contributed by atoms with Crippen LogP contribution in [0.3, 0.4) is 0 Å². The highest BCUT2D eigenvalue weighted by molar-refractivity contribution is 6.66. The summed E-state index contributed by atoms with van der Waals surface area (Å²) in [5.74, 6) is -0.333. The first kappa shape index (κ1) is 23.3. The smallest absolute Gasteiger partial charge is 0.399 e. The van der Waals surface area contributed by atoms with Crippen molar-refractivity contribution in [2.45, 2.75) is 64.3 Å². The van der Waals surface area contributed by atoms with Gasteiger partial charge in [-0.25, -0.2) is 0 Å². The first-order valence-corrected chi connectivity index (χ1v) is 11.4. The minimum absolute atomic E-state index is 0.0651. The molecule has 3 heterocycles. The lowest BCUT2D eigenvalue weighted by molar-refractivity contribution is 0.00578. The molecule has 1 atom stereocenters. The molecule has 0 saturated carbocycles. The first-order chi connectivity index (χ1) is 15.1. The van der Waals surface area contributed by atoms with Crippen molar-refractivity contribution in [2.24, 2.45) is 0 Å². The maximum Gasteiger partial charge on any atom is 0.496 e. The van der Waals surface area contributed by atoms with Gasteiger partial charge in [-0.05, 0) is 52.7 Å². The van der Waals surface area contributed by atoms with Gasteiger partial charge in [0.25, 0.3) is 5.91 Å². The van der Waals surface area contributed by atoms with E-state index in [2.05, 4.69) is 15.7 Å². The molecule has 0 radical (unpaired) electrons. The van der Waals surface area contributed by atoms with Gasteiger partial charge in [-0.15, -0.1) is 0 Å². The van der Waals surface area contributed by atoms with E-state index in [0.29, 0.717) is 28.4 Å². The zero-order chi connectivity index (χ0) is 23.1. The number of hydrogen-bond acceptors (Lipinski definition) is 6. The van der Waals surface area contributed by atoms with Gasteiger partial charge < -0.3 is 25.0 Å². The predicted octanol–water partition coefficient (Wildman–Crippen LogP) is 2.50. The lowest BCUT2D eigenvalue weighted by Crippen LogP contribution is -2.41. The highest BCUT2D eigenvalue weighted by Gasteiger charge is 2.52. The lowest BCUT2D eigenvalue weighted by Gasteiger charge is -2.32. The number of aliphatic hydroxyl groups is 1. The van der Waals surface area contributed by atoms with Gasteiger partial charge in [0.1, 0.15) is 0 Å². The Kier molecular flexibility index (Phi) is 6.39. The number of hydrogen-bond donors (Lipinski definition) is 3. The van der Waals surface area contributed by atoms with Crippen LogP contribution in [-0.4, -0.2) is 52.3 Å². The molecule has 0 spiro atoms. The predicted molar refractivity (Wildman–Crippen MR) is 124 cm³/mol. The van der Waals surface area contributed by atoms with E-state index in [1.807, 2.05) is 44.5 Å². The summed E-state index contributed by atoms with van der Waals surface area (Å²) in [4.78, 5) is 13.0. The minimum atomic E-state index is -0.623. The molecule has 3 N–H and O–H groups in total. The van der Waals surface area contributed by atoms with E-state index in [9.17, 15) is 4.79 Å². The number of carbonyl (C=O) groups is 1.